The maximum Gasteiger partial charge on any atom is 0.233 e. The van der Waals surface area contributed by atoms with Crippen LogP contribution in [0.2, 0.25) is 5.02 Å². The first-order chi connectivity index (χ1) is 15.6. The molecule has 0 spiro atoms. The number of nitrogens with one attached hydrogen (secondary N) is 1. The van der Waals surface area contributed by atoms with Gasteiger partial charge in [-0.1, -0.05) is 53.7 Å². The molecule has 176 valence electrons. The van der Waals surface area contributed by atoms with Gasteiger partial charge in [0.25, 0.3) is 0 Å². The minimum Gasteiger partial charge on any atom is -0.333 e. The second-order valence-electron chi connectivity index (χ2n) is 9.38. The van der Waals surface area contributed by atoms with Crippen LogP contribution in [-0.2, 0) is 11.3 Å². The molecule has 6 nitrogen and oxygen atoms in total. The molecule has 0 bridgehead atoms. The van der Waals surface area contributed by atoms with Crippen molar-refractivity contribution in [1.82, 2.24) is 19.7 Å². The number of halogens is 1. The van der Waals surface area contributed by atoms with Crippen LogP contribution in [0.1, 0.15) is 45.1 Å². The molecule has 1 amide bonds. The molecular formula is C25H33ClN5OS+. The Morgan fingerprint density at radius 2 is 1.73 bits per heavy atom. The van der Waals surface area contributed by atoms with Gasteiger partial charge in [-0.2, -0.15) is 0 Å². The molecular weight excluding hydrogens is 454 g/mol. The lowest BCUT2D eigenvalue weighted by molar-refractivity contribution is -0.890. The molecule has 0 fully saturated rings. The number of quaternary nitrogens is 1. The van der Waals surface area contributed by atoms with E-state index >= 15 is 0 Å². The molecule has 8 heteroatoms. The molecule has 1 N–H and O–H groups in total. The molecule has 2 aromatic carbocycles. The lowest BCUT2D eigenvalue weighted by atomic mass is 10.0. The summed E-state index contributed by atoms with van der Waals surface area (Å²) >= 11 is 7.53. The summed E-state index contributed by atoms with van der Waals surface area (Å²) in [6, 6.07) is 17.8. The Labute approximate surface area is 205 Å². The molecule has 33 heavy (non-hydrogen) atoms. The van der Waals surface area contributed by atoms with Crippen molar-refractivity contribution in [2.45, 2.75) is 51.0 Å². The molecule has 0 aliphatic rings. The van der Waals surface area contributed by atoms with Gasteiger partial charge in [0.2, 0.25) is 5.91 Å². The highest BCUT2D eigenvalue weighted by atomic mass is 35.5. The molecule has 3 aromatic rings. The van der Waals surface area contributed by atoms with E-state index in [1.54, 1.807) is 0 Å². The van der Waals surface area contributed by atoms with Gasteiger partial charge in [0, 0.05) is 22.8 Å². The summed E-state index contributed by atoms with van der Waals surface area (Å²) in [5.41, 5.74) is 1.74. The van der Waals surface area contributed by atoms with Crippen molar-refractivity contribution >= 4 is 29.3 Å². The van der Waals surface area contributed by atoms with E-state index in [0.717, 1.165) is 17.1 Å². The molecule has 0 aliphatic carbocycles. The maximum atomic E-state index is 13.3. The predicted octanol–water partition coefficient (Wildman–Crippen LogP) is 4.05. The fourth-order valence-corrected chi connectivity index (χ4v) is 4.38. The topological polar surface area (TPSA) is 55.5 Å². The lowest BCUT2D eigenvalue weighted by Crippen LogP contribution is -3.05. The van der Waals surface area contributed by atoms with Gasteiger partial charge in [0.15, 0.2) is 11.0 Å². The fourth-order valence-electron chi connectivity index (χ4n) is 3.42. The number of hydrogen-bond acceptors (Lipinski definition) is 4. The van der Waals surface area contributed by atoms with Crippen LogP contribution in [0, 0.1) is 0 Å². The van der Waals surface area contributed by atoms with Crippen LogP contribution in [0.3, 0.4) is 0 Å². The molecule has 3 rings (SSSR count). The summed E-state index contributed by atoms with van der Waals surface area (Å²) in [7, 11) is 4.18. The van der Waals surface area contributed by atoms with Crippen molar-refractivity contribution in [1.29, 1.82) is 0 Å². The largest absolute Gasteiger partial charge is 0.333 e. The minimum absolute atomic E-state index is 0.0647. The number of amides is 1. The highest BCUT2D eigenvalue weighted by Gasteiger charge is 2.28. The highest BCUT2D eigenvalue weighted by Crippen LogP contribution is 2.27. The maximum absolute atomic E-state index is 13.3. The quantitative estimate of drug-likeness (QED) is 0.488. The third-order valence-corrected chi connectivity index (χ3v) is 6.78. The lowest BCUT2D eigenvalue weighted by Gasteiger charge is -2.36. The summed E-state index contributed by atoms with van der Waals surface area (Å²) in [5.74, 6) is 1.19. The molecule has 1 atom stereocenters. The number of rotatable bonds is 8. The number of hydrogen-bond donors (Lipinski definition) is 1. The molecule has 0 saturated carbocycles. The monoisotopic (exact) mass is 486 g/mol. The second kappa shape index (κ2) is 10.7. The molecule has 0 saturated heterocycles. The second-order valence-corrected chi connectivity index (χ2v) is 10.8. The van der Waals surface area contributed by atoms with Crippen LogP contribution >= 0.6 is 23.4 Å². The number of carbonyl (C=O) groups excluding carboxylic acids is 1. The van der Waals surface area contributed by atoms with E-state index in [9.17, 15) is 4.79 Å². The molecule has 1 heterocycles. The van der Waals surface area contributed by atoms with Gasteiger partial charge >= 0.3 is 0 Å². The van der Waals surface area contributed by atoms with Crippen molar-refractivity contribution < 1.29 is 9.69 Å². The van der Waals surface area contributed by atoms with Crippen molar-refractivity contribution in [3.05, 3.63) is 71.0 Å². The Hall–Kier alpha value is -2.35. The average Bonchev–Trinajstić information content (AvgIpc) is 3.19. The summed E-state index contributed by atoms with van der Waals surface area (Å²) in [6.07, 6.45) is 0. The van der Waals surface area contributed by atoms with E-state index in [4.69, 9.17) is 11.6 Å². The number of carbonyl (C=O) groups is 1. The number of thioether (sulfide) groups is 1. The number of nitrogens with zero attached hydrogens (tertiary/aromatic N) is 4. The van der Waals surface area contributed by atoms with E-state index in [1.807, 2.05) is 64.1 Å². The predicted molar refractivity (Wildman–Crippen MR) is 135 cm³/mol. The molecule has 0 radical (unpaired) electrons. The van der Waals surface area contributed by atoms with Crippen LogP contribution in [0.25, 0.3) is 5.69 Å². The van der Waals surface area contributed by atoms with Crippen molar-refractivity contribution in [2.24, 2.45) is 0 Å². The first-order valence-electron chi connectivity index (χ1n) is 11.1. The summed E-state index contributed by atoms with van der Waals surface area (Å²) in [6.45, 7) is 8.88. The third kappa shape index (κ3) is 6.37. The van der Waals surface area contributed by atoms with E-state index in [2.05, 4.69) is 52.0 Å². The Balaban J connectivity index is 1.86. The van der Waals surface area contributed by atoms with Crippen molar-refractivity contribution in [3.8, 4) is 5.69 Å². The smallest absolute Gasteiger partial charge is 0.233 e. The standard InChI is InChI=1S/C25H32ClN5OS/c1-18(29(5)6)23-27-28-24(31(23)21-14-12-20(26)13-15-21)33-17-22(32)30(25(2,3)4)16-19-10-8-7-9-11-19/h7-15,18H,16-17H2,1-6H3/p+1/t18-/m1/s1. The zero-order valence-electron chi connectivity index (χ0n) is 20.2. The Kier molecular flexibility index (Phi) is 8.21. The Bertz CT molecular complexity index is 1060. The fraction of sp³-hybridized carbons (Fsp3) is 0.400. The van der Waals surface area contributed by atoms with Crippen LogP contribution in [-0.4, -0.2) is 51.0 Å². The average molecular weight is 487 g/mol. The first kappa shape index (κ1) is 25.3. The summed E-state index contributed by atoms with van der Waals surface area (Å²) in [4.78, 5) is 16.5. The third-order valence-electron chi connectivity index (χ3n) is 5.62. The zero-order valence-corrected chi connectivity index (χ0v) is 21.7. The van der Waals surface area contributed by atoms with E-state index in [1.165, 1.54) is 16.7 Å². The first-order valence-corrected chi connectivity index (χ1v) is 12.4. The number of aromatic nitrogens is 3. The van der Waals surface area contributed by atoms with Crippen LogP contribution < -0.4 is 4.90 Å². The van der Waals surface area contributed by atoms with E-state index < -0.39 is 0 Å². The van der Waals surface area contributed by atoms with E-state index in [0.29, 0.717) is 16.7 Å². The highest BCUT2D eigenvalue weighted by molar-refractivity contribution is 7.99. The van der Waals surface area contributed by atoms with Gasteiger partial charge in [-0.15, -0.1) is 10.2 Å². The SMILES string of the molecule is C[C@H](c1nnc(SCC(=O)N(Cc2ccccc2)C(C)(C)C)n1-c1ccc(Cl)cc1)[NH+](C)C. The van der Waals surface area contributed by atoms with E-state index in [-0.39, 0.29) is 23.2 Å². The van der Waals surface area contributed by atoms with Gasteiger partial charge in [-0.05, 0) is 57.5 Å². The molecule has 0 unspecified atom stereocenters. The van der Waals surface area contributed by atoms with Gasteiger partial charge in [0.1, 0.15) is 6.04 Å². The Morgan fingerprint density at radius 1 is 1.09 bits per heavy atom. The van der Waals surface area contributed by atoms with Crippen LogP contribution in [0.4, 0.5) is 0 Å². The van der Waals surface area contributed by atoms with Gasteiger partial charge in [-0.3, -0.25) is 9.36 Å². The van der Waals surface area contributed by atoms with Crippen molar-refractivity contribution in [2.75, 3.05) is 19.8 Å². The molecule has 1 aromatic heterocycles. The van der Waals surface area contributed by atoms with Gasteiger partial charge in [0.05, 0.1) is 19.8 Å². The molecule has 0 aliphatic heterocycles. The minimum atomic E-state index is -0.300. The normalized spacial score (nSPS) is 12.7. The zero-order chi connectivity index (χ0) is 24.2. The summed E-state index contributed by atoms with van der Waals surface area (Å²) in [5, 5.41) is 10.3. The Morgan fingerprint density at radius 3 is 2.30 bits per heavy atom. The van der Waals surface area contributed by atoms with Gasteiger partial charge < -0.3 is 9.80 Å². The number of benzene rings is 2. The van der Waals surface area contributed by atoms with Crippen molar-refractivity contribution in [3.63, 3.8) is 0 Å². The van der Waals surface area contributed by atoms with Crippen LogP contribution in [0.5, 0.6) is 0 Å². The van der Waals surface area contributed by atoms with Crippen LogP contribution in [0.15, 0.2) is 59.8 Å². The van der Waals surface area contributed by atoms with Gasteiger partial charge in [-0.25, -0.2) is 0 Å². The summed E-state index contributed by atoms with van der Waals surface area (Å²) < 4.78 is 2.03.